The Balaban J connectivity index is 2.64. The topological polar surface area (TPSA) is 58.6 Å². The SMILES string of the molecule is CCC(CC(=O)NC(C)CO)c1ccc(OC)cc1. The Morgan fingerprint density at radius 1 is 1.37 bits per heavy atom. The van der Waals surface area contributed by atoms with E-state index in [-0.39, 0.29) is 24.5 Å². The summed E-state index contributed by atoms with van der Waals surface area (Å²) in [6, 6.07) is 7.62. The summed E-state index contributed by atoms with van der Waals surface area (Å²) in [5, 5.41) is 11.7. The molecule has 2 N–H and O–H groups in total. The Hall–Kier alpha value is -1.55. The summed E-state index contributed by atoms with van der Waals surface area (Å²) in [6.07, 6.45) is 1.33. The summed E-state index contributed by atoms with van der Waals surface area (Å²) in [5.41, 5.74) is 1.13. The maximum atomic E-state index is 11.8. The minimum Gasteiger partial charge on any atom is -0.497 e. The molecule has 4 heteroatoms. The van der Waals surface area contributed by atoms with E-state index in [0.29, 0.717) is 6.42 Å². The molecule has 4 nitrogen and oxygen atoms in total. The van der Waals surface area contributed by atoms with Gasteiger partial charge in [0.25, 0.3) is 0 Å². The summed E-state index contributed by atoms with van der Waals surface area (Å²) < 4.78 is 5.12. The van der Waals surface area contributed by atoms with Crippen molar-refractivity contribution in [1.82, 2.24) is 5.32 Å². The predicted molar refractivity (Wildman–Crippen MR) is 75.3 cm³/mol. The fourth-order valence-electron chi connectivity index (χ4n) is 1.98. The monoisotopic (exact) mass is 265 g/mol. The van der Waals surface area contributed by atoms with Gasteiger partial charge in [-0.25, -0.2) is 0 Å². The number of nitrogens with one attached hydrogen (secondary N) is 1. The molecule has 1 aromatic carbocycles. The second kappa shape index (κ2) is 7.79. The van der Waals surface area contributed by atoms with Gasteiger partial charge in [0, 0.05) is 12.5 Å². The van der Waals surface area contributed by atoms with E-state index in [4.69, 9.17) is 9.84 Å². The summed E-state index contributed by atoms with van der Waals surface area (Å²) in [4.78, 5) is 11.8. The van der Waals surface area contributed by atoms with Crippen LogP contribution < -0.4 is 10.1 Å². The molecule has 0 saturated heterocycles. The van der Waals surface area contributed by atoms with E-state index in [2.05, 4.69) is 12.2 Å². The highest BCUT2D eigenvalue weighted by Gasteiger charge is 2.15. The Bertz CT molecular complexity index is 389. The lowest BCUT2D eigenvalue weighted by atomic mass is 9.93. The zero-order valence-corrected chi connectivity index (χ0v) is 11.8. The number of hydrogen-bond donors (Lipinski definition) is 2. The van der Waals surface area contributed by atoms with E-state index >= 15 is 0 Å². The summed E-state index contributed by atoms with van der Waals surface area (Å²) in [6.45, 7) is 3.81. The standard InChI is InChI=1S/C15H23NO3/c1-4-12(9-15(18)16-11(2)10-17)13-5-7-14(19-3)8-6-13/h5-8,11-12,17H,4,9-10H2,1-3H3,(H,16,18). The minimum absolute atomic E-state index is 0.0239. The van der Waals surface area contributed by atoms with Gasteiger partial charge in [-0.1, -0.05) is 19.1 Å². The van der Waals surface area contributed by atoms with Gasteiger partial charge in [0.1, 0.15) is 5.75 Å². The van der Waals surface area contributed by atoms with Gasteiger partial charge >= 0.3 is 0 Å². The lowest BCUT2D eigenvalue weighted by Gasteiger charge is -2.17. The molecule has 0 radical (unpaired) electrons. The number of hydrogen-bond acceptors (Lipinski definition) is 3. The molecule has 0 aliphatic heterocycles. The largest absolute Gasteiger partial charge is 0.497 e. The number of carbonyl (C=O) groups excluding carboxylic acids is 1. The Morgan fingerprint density at radius 3 is 2.47 bits per heavy atom. The summed E-state index contributed by atoms with van der Waals surface area (Å²) >= 11 is 0. The second-order valence-electron chi connectivity index (χ2n) is 4.73. The van der Waals surface area contributed by atoms with Crippen molar-refractivity contribution in [3.63, 3.8) is 0 Å². The van der Waals surface area contributed by atoms with Crippen LogP contribution in [0.2, 0.25) is 0 Å². The quantitative estimate of drug-likeness (QED) is 0.793. The van der Waals surface area contributed by atoms with Crippen LogP contribution in [0.3, 0.4) is 0 Å². The molecule has 1 amide bonds. The first-order valence-corrected chi connectivity index (χ1v) is 6.64. The van der Waals surface area contributed by atoms with Gasteiger partial charge in [-0.05, 0) is 37.0 Å². The lowest BCUT2D eigenvalue weighted by molar-refractivity contribution is -0.122. The van der Waals surface area contributed by atoms with Crippen LogP contribution in [0.4, 0.5) is 0 Å². The number of benzene rings is 1. The Morgan fingerprint density at radius 2 is 2.00 bits per heavy atom. The number of amides is 1. The van der Waals surface area contributed by atoms with E-state index in [9.17, 15) is 4.79 Å². The third-order valence-corrected chi connectivity index (χ3v) is 3.19. The van der Waals surface area contributed by atoms with E-state index in [1.165, 1.54) is 0 Å². The summed E-state index contributed by atoms with van der Waals surface area (Å²) in [7, 11) is 1.63. The van der Waals surface area contributed by atoms with E-state index in [1.54, 1.807) is 14.0 Å². The highest BCUT2D eigenvalue weighted by molar-refractivity contribution is 5.77. The molecule has 0 aromatic heterocycles. The molecular formula is C15H23NO3. The molecule has 0 bridgehead atoms. The molecule has 2 atom stereocenters. The fourth-order valence-corrected chi connectivity index (χ4v) is 1.98. The zero-order chi connectivity index (χ0) is 14.3. The molecule has 0 fully saturated rings. The molecule has 1 rings (SSSR count). The van der Waals surface area contributed by atoms with Crippen LogP contribution in [0.25, 0.3) is 0 Å². The number of aliphatic hydroxyl groups excluding tert-OH is 1. The summed E-state index contributed by atoms with van der Waals surface area (Å²) in [5.74, 6) is 0.984. The van der Waals surface area contributed by atoms with Crippen molar-refractivity contribution in [2.75, 3.05) is 13.7 Å². The van der Waals surface area contributed by atoms with Gasteiger partial charge in [0.15, 0.2) is 0 Å². The fraction of sp³-hybridized carbons (Fsp3) is 0.533. The van der Waals surface area contributed by atoms with E-state index in [1.807, 2.05) is 24.3 Å². The molecule has 0 heterocycles. The zero-order valence-electron chi connectivity index (χ0n) is 11.8. The molecule has 1 aromatic rings. The molecule has 2 unspecified atom stereocenters. The average Bonchev–Trinajstić information content (AvgIpc) is 2.44. The van der Waals surface area contributed by atoms with Crippen molar-refractivity contribution in [3.8, 4) is 5.75 Å². The molecule has 0 saturated carbocycles. The van der Waals surface area contributed by atoms with Gasteiger partial charge in [-0.15, -0.1) is 0 Å². The normalized spacial score (nSPS) is 13.7. The van der Waals surface area contributed by atoms with Crippen LogP contribution in [0.5, 0.6) is 5.75 Å². The first-order chi connectivity index (χ1) is 9.10. The van der Waals surface area contributed by atoms with E-state index < -0.39 is 0 Å². The average molecular weight is 265 g/mol. The van der Waals surface area contributed by atoms with Crippen LogP contribution >= 0.6 is 0 Å². The third-order valence-electron chi connectivity index (χ3n) is 3.19. The highest BCUT2D eigenvalue weighted by atomic mass is 16.5. The van der Waals surface area contributed by atoms with Crippen LogP contribution in [-0.4, -0.2) is 30.8 Å². The van der Waals surface area contributed by atoms with Crippen LogP contribution in [0.15, 0.2) is 24.3 Å². The van der Waals surface area contributed by atoms with Gasteiger partial charge in [-0.3, -0.25) is 4.79 Å². The van der Waals surface area contributed by atoms with Crippen molar-refractivity contribution >= 4 is 5.91 Å². The van der Waals surface area contributed by atoms with Crippen molar-refractivity contribution in [3.05, 3.63) is 29.8 Å². The Labute approximate surface area is 114 Å². The number of rotatable bonds is 7. The maximum absolute atomic E-state index is 11.8. The van der Waals surface area contributed by atoms with Gasteiger partial charge in [0.05, 0.1) is 13.7 Å². The number of methoxy groups -OCH3 is 1. The first-order valence-electron chi connectivity index (χ1n) is 6.64. The smallest absolute Gasteiger partial charge is 0.220 e. The Kier molecular flexibility index (Phi) is 6.36. The first kappa shape index (κ1) is 15.5. The van der Waals surface area contributed by atoms with Crippen molar-refractivity contribution in [2.24, 2.45) is 0 Å². The van der Waals surface area contributed by atoms with Crippen molar-refractivity contribution in [1.29, 1.82) is 0 Å². The lowest BCUT2D eigenvalue weighted by Crippen LogP contribution is -2.35. The number of aliphatic hydroxyl groups is 1. The second-order valence-corrected chi connectivity index (χ2v) is 4.73. The minimum atomic E-state index is -0.194. The molecular weight excluding hydrogens is 242 g/mol. The molecule has 0 aliphatic carbocycles. The predicted octanol–water partition coefficient (Wildman–Crippen LogP) is 2.08. The molecule has 0 spiro atoms. The van der Waals surface area contributed by atoms with Gasteiger partial charge < -0.3 is 15.2 Å². The molecule has 19 heavy (non-hydrogen) atoms. The van der Waals surface area contributed by atoms with E-state index in [0.717, 1.165) is 17.7 Å². The van der Waals surface area contributed by atoms with Crippen LogP contribution in [-0.2, 0) is 4.79 Å². The van der Waals surface area contributed by atoms with Crippen LogP contribution in [0.1, 0.15) is 38.2 Å². The van der Waals surface area contributed by atoms with Crippen molar-refractivity contribution < 1.29 is 14.6 Å². The molecule has 0 aliphatic rings. The number of carbonyl (C=O) groups is 1. The third kappa shape index (κ3) is 4.91. The highest BCUT2D eigenvalue weighted by Crippen LogP contribution is 2.25. The molecule has 106 valence electrons. The van der Waals surface area contributed by atoms with Gasteiger partial charge in [0.2, 0.25) is 5.91 Å². The van der Waals surface area contributed by atoms with Crippen molar-refractivity contribution in [2.45, 2.75) is 38.6 Å². The number of ether oxygens (including phenoxy) is 1. The van der Waals surface area contributed by atoms with Gasteiger partial charge in [-0.2, -0.15) is 0 Å². The van der Waals surface area contributed by atoms with Crippen LogP contribution in [0, 0.1) is 0 Å². The maximum Gasteiger partial charge on any atom is 0.220 e.